The summed E-state index contributed by atoms with van der Waals surface area (Å²) in [6.45, 7) is 3.23. The molecular formula is C14H21FN2O6S2. The van der Waals surface area contributed by atoms with Crippen molar-refractivity contribution in [2.75, 3.05) is 17.5 Å². The summed E-state index contributed by atoms with van der Waals surface area (Å²) < 4.78 is 64.7. The second-order valence-corrected chi connectivity index (χ2v) is 9.52. The first-order chi connectivity index (χ1) is 11.3. The SMILES string of the molecule is CC(C)CC(CNS(=O)(=O)c1ccc(NS(C)(=O)=O)cc1F)C(=O)O. The maximum Gasteiger partial charge on any atom is 0.307 e. The largest absolute Gasteiger partial charge is 0.481 e. The minimum atomic E-state index is -4.28. The average molecular weight is 396 g/mol. The maximum absolute atomic E-state index is 14.0. The molecule has 0 saturated carbocycles. The van der Waals surface area contributed by atoms with Crippen LogP contribution in [0.2, 0.25) is 0 Å². The van der Waals surface area contributed by atoms with Crippen LogP contribution >= 0.6 is 0 Å². The predicted molar refractivity (Wildman–Crippen MR) is 90.6 cm³/mol. The first-order valence-corrected chi connectivity index (χ1v) is 10.7. The van der Waals surface area contributed by atoms with E-state index in [-0.39, 0.29) is 24.6 Å². The molecule has 8 nitrogen and oxygen atoms in total. The number of rotatable bonds is 9. The highest BCUT2D eigenvalue weighted by Gasteiger charge is 2.24. The molecule has 1 rings (SSSR count). The molecule has 1 aromatic rings. The lowest BCUT2D eigenvalue weighted by molar-refractivity contribution is -0.142. The van der Waals surface area contributed by atoms with Crippen molar-refractivity contribution in [2.24, 2.45) is 11.8 Å². The Kier molecular flexibility index (Phi) is 6.91. The van der Waals surface area contributed by atoms with Gasteiger partial charge in [-0.2, -0.15) is 0 Å². The van der Waals surface area contributed by atoms with Crippen LogP contribution in [0.1, 0.15) is 20.3 Å². The number of sulfonamides is 2. The number of halogens is 1. The number of aliphatic carboxylic acids is 1. The van der Waals surface area contributed by atoms with E-state index in [1.165, 1.54) is 0 Å². The van der Waals surface area contributed by atoms with Crippen LogP contribution in [0.25, 0.3) is 0 Å². The van der Waals surface area contributed by atoms with Gasteiger partial charge in [-0.05, 0) is 30.5 Å². The molecule has 0 radical (unpaired) electrons. The summed E-state index contributed by atoms with van der Waals surface area (Å²) in [5.41, 5.74) is -0.123. The molecule has 1 aromatic carbocycles. The van der Waals surface area contributed by atoms with Gasteiger partial charge in [0, 0.05) is 6.54 Å². The van der Waals surface area contributed by atoms with E-state index in [1.54, 1.807) is 13.8 Å². The van der Waals surface area contributed by atoms with Gasteiger partial charge in [-0.1, -0.05) is 13.8 Å². The number of nitrogens with one attached hydrogen (secondary N) is 2. The third-order valence-electron chi connectivity index (χ3n) is 3.15. The molecule has 0 heterocycles. The summed E-state index contributed by atoms with van der Waals surface area (Å²) in [6, 6.07) is 2.74. The van der Waals surface area contributed by atoms with E-state index in [9.17, 15) is 26.0 Å². The molecular weight excluding hydrogens is 375 g/mol. The van der Waals surface area contributed by atoms with Crippen LogP contribution in [-0.2, 0) is 24.8 Å². The number of carboxylic acids is 1. The molecule has 1 unspecified atom stereocenters. The molecule has 0 bridgehead atoms. The number of carboxylic acid groups (broad SMARTS) is 1. The zero-order chi connectivity index (χ0) is 19.4. The molecule has 11 heteroatoms. The van der Waals surface area contributed by atoms with E-state index in [1.807, 2.05) is 4.72 Å². The molecule has 0 amide bonds. The Hall–Kier alpha value is -1.72. The van der Waals surface area contributed by atoms with Gasteiger partial charge in [0.2, 0.25) is 20.0 Å². The fraction of sp³-hybridized carbons (Fsp3) is 0.500. The fourth-order valence-corrected chi connectivity index (χ4v) is 3.82. The van der Waals surface area contributed by atoms with Crippen molar-refractivity contribution in [3.8, 4) is 0 Å². The third-order valence-corrected chi connectivity index (χ3v) is 5.21. The molecule has 142 valence electrons. The fourth-order valence-electron chi connectivity index (χ4n) is 2.12. The molecule has 0 fully saturated rings. The van der Waals surface area contributed by atoms with E-state index in [0.29, 0.717) is 0 Å². The molecule has 0 aliphatic heterocycles. The summed E-state index contributed by atoms with van der Waals surface area (Å²) in [5, 5.41) is 9.11. The smallest absolute Gasteiger partial charge is 0.307 e. The number of carbonyl (C=O) groups is 1. The maximum atomic E-state index is 14.0. The van der Waals surface area contributed by atoms with E-state index >= 15 is 0 Å². The van der Waals surface area contributed by atoms with Crippen LogP contribution in [0.4, 0.5) is 10.1 Å². The molecule has 0 aliphatic rings. The van der Waals surface area contributed by atoms with E-state index in [0.717, 1.165) is 24.5 Å². The van der Waals surface area contributed by atoms with Crippen molar-refractivity contribution in [3.63, 3.8) is 0 Å². The first-order valence-electron chi connectivity index (χ1n) is 7.31. The lowest BCUT2D eigenvalue weighted by Crippen LogP contribution is -2.34. The Morgan fingerprint density at radius 2 is 1.84 bits per heavy atom. The van der Waals surface area contributed by atoms with E-state index in [2.05, 4.69) is 4.72 Å². The van der Waals surface area contributed by atoms with Crippen molar-refractivity contribution >= 4 is 31.7 Å². The van der Waals surface area contributed by atoms with Gasteiger partial charge >= 0.3 is 5.97 Å². The zero-order valence-corrected chi connectivity index (χ0v) is 15.6. The summed E-state index contributed by atoms with van der Waals surface area (Å²) in [6.07, 6.45) is 1.13. The first kappa shape index (κ1) is 21.3. The molecule has 0 aromatic heterocycles. The van der Waals surface area contributed by atoms with Gasteiger partial charge in [0.25, 0.3) is 0 Å². The van der Waals surface area contributed by atoms with Gasteiger partial charge in [-0.15, -0.1) is 0 Å². The molecule has 0 aliphatic carbocycles. The Bertz CT molecular complexity index is 837. The van der Waals surface area contributed by atoms with Crippen molar-refractivity contribution in [2.45, 2.75) is 25.2 Å². The van der Waals surface area contributed by atoms with Gasteiger partial charge in [-0.25, -0.2) is 25.9 Å². The van der Waals surface area contributed by atoms with Crippen molar-refractivity contribution in [1.29, 1.82) is 0 Å². The lowest BCUT2D eigenvalue weighted by Gasteiger charge is -2.16. The highest BCUT2D eigenvalue weighted by molar-refractivity contribution is 7.92. The quantitative estimate of drug-likeness (QED) is 0.575. The molecule has 0 saturated heterocycles. The van der Waals surface area contributed by atoms with E-state index < -0.39 is 42.6 Å². The second kappa shape index (κ2) is 8.11. The molecule has 1 atom stereocenters. The molecule has 0 spiro atoms. The van der Waals surface area contributed by atoms with Crippen LogP contribution in [0.15, 0.2) is 23.1 Å². The number of hydrogen-bond donors (Lipinski definition) is 3. The zero-order valence-electron chi connectivity index (χ0n) is 14.0. The van der Waals surface area contributed by atoms with Gasteiger partial charge in [-0.3, -0.25) is 9.52 Å². The van der Waals surface area contributed by atoms with Crippen molar-refractivity contribution < 1.29 is 31.1 Å². The Labute approximate surface area is 146 Å². The monoisotopic (exact) mass is 396 g/mol. The summed E-state index contributed by atoms with van der Waals surface area (Å²) in [7, 11) is -7.91. The number of benzene rings is 1. The Morgan fingerprint density at radius 1 is 1.24 bits per heavy atom. The minimum Gasteiger partial charge on any atom is -0.481 e. The lowest BCUT2D eigenvalue weighted by atomic mass is 9.98. The normalized spacial score (nSPS) is 13.6. The Morgan fingerprint density at radius 3 is 2.28 bits per heavy atom. The molecule has 3 N–H and O–H groups in total. The third kappa shape index (κ3) is 6.96. The van der Waals surface area contributed by atoms with Gasteiger partial charge in [0.05, 0.1) is 17.9 Å². The van der Waals surface area contributed by atoms with Crippen molar-refractivity contribution in [3.05, 3.63) is 24.0 Å². The van der Waals surface area contributed by atoms with Crippen LogP contribution in [0.5, 0.6) is 0 Å². The van der Waals surface area contributed by atoms with Gasteiger partial charge in [0.1, 0.15) is 10.7 Å². The topological polar surface area (TPSA) is 130 Å². The van der Waals surface area contributed by atoms with Crippen LogP contribution < -0.4 is 9.44 Å². The predicted octanol–water partition coefficient (Wildman–Crippen LogP) is 1.22. The van der Waals surface area contributed by atoms with Gasteiger partial charge < -0.3 is 5.11 Å². The summed E-state index contributed by atoms with van der Waals surface area (Å²) in [5.74, 6) is -3.20. The highest BCUT2D eigenvalue weighted by atomic mass is 32.2. The minimum absolute atomic E-state index is 0.0451. The average Bonchev–Trinajstić information content (AvgIpc) is 2.40. The van der Waals surface area contributed by atoms with Crippen molar-refractivity contribution in [1.82, 2.24) is 4.72 Å². The standard InChI is InChI=1S/C14H21FN2O6S2/c1-9(2)6-10(14(18)19)8-16-25(22,23)13-5-4-11(7-12(13)15)17-24(3,20)21/h4-5,7,9-10,16-17H,6,8H2,1-3H3,(H,18,19). The number of anilines is 1. The summed E-state index contributed by atoms with van der Waals surface area (Å²) >= 11 is 0. The molecule has 25 heavy (non-hydrogen) atoms. The van der Waals surface area contributed by atoms with E-state index in [4.69, 9.17) is 5.11 Å². The Balaban J connectivity index is 2.96. The van der Waals surface area contributed by atoms with Crippen LogP contribution in [0, 0.1) is 17.7 Å². The van der Waals surface area contributed by atoms with Gasteiger partial charge in [0.15, 0.2) is 0 Å². The van der Waals surface area contributed by atoms with Crippen LogP contribution in [0.3, 0.4) is 0 Å². The summed E-state index contributed by atoms with van der Waals surface area (Å²) in [4.78, 5) is 10.5. The van der Waals surface area contributed by atoms with Crippen LogP contribution in [-0.4, -0.2) is 40.7 Å². The highest BCUT2D eigenvalue weighted by Crippen LogP contribution is 2.20. The number of hydrogen-bond acceptors (Lipinski definition) is 5. The second-order valence-electron chi connectivity index (χ2n) is 6.04.